The lowest BCUT2D eigenvalue weighted by Gasteiger charge is -2.21. The summed E-state index contributed by atoms with van der Waals surface area (Å²) in [4.78, 5) is 27.7. The summed E-state index contributed by atoms with van der Waals surface area (Å²) >= 11 is 0. The molecule has 2 aromatic rings. The van der Waals surface area contributed by atoms with E-state index in [9.17, 15) is 9.59 Å². The van der Waals surface area contributed by atoms with Gasteiger partial charge in [0.2, 0.25) is 11.8 Å². The van der Waals surface area contributed by atoms with Gasteiger partial charge in [0.25, 0.3) is 0 Å². The Hall–Kier alpha value is -3.33. The highest BCUT2D eigenvalue weighted by Gasteiger charge is 2.56. The van der Waals surface area contributed by atoms with E-state index in [2.05, 4.69) is 29.4 Å². The van der Waals surface area contributed by atoms with Crippen molar-refractivity contribution < 1.29 is 9.59 Å². The molecule has 2 aromatic carbocycles. The number of carbonyl (C=O) groups excluding carboxylic acids is 2. The standard InChI is InChI=1S/C22H24N4O2/c1-3-26(4-2)18-11-9-17(10-12-18)24-20(27)22(13-14-22)21(28)25-19-8-6-5-7-16(19)15-23/h5-12H,3-4,13-14H2,1-2H3,(H,24,27)(H,25,28). The molecule has 0 heterocycles. The van der Waals surface area contributed by atoms with Crippen LogP contribution in [0.1, 0.15) is 32.3 Å². The Balaban J connectivity index is 1.68. The zero-order chi connectivity index (χ0) is 20.1. The Bertz CT molecular complexity index is 907. The fourth-order valence-corrected chi connectivity index (χ4v) is 3.21. The van der Waals surface area contributed by atoms with Gasteiger partial charge in [0.1, 0.15) is 11.5 Å². The van der Waals surface area contributed by atoms with E-state index in [0.717, 1.165) is 18.8 Å². The van der Waals surface area contributed by atoms with Crippen LogP contribution in [-0.2, 0) is 9.59 Å². The maximum absolute atomic E-state index is 12.8. The summed E-state index contributed by atoms with van der Waals surface area (Å²) in [7, 11) is 0. The van der Waals surface area contributed by atoms with Crippen molar-refractivity contribution in [1.82, 2.24) is 0 Å². The topological polar surface area (TPSA) is 85.2 Å². The molecule has 0 spiro atoms. The molecular formula is C22H24N4O2. The van der Waals surface area contributed by atoms with Crippen LogP contribution in [0.2, 0.25) is 0 Å². The molecule has 1 aliphatic rings. The van der Waals surface area contributed by atoms with Gasteiger partial charge in [-0.2, -0.15) is 5.26 Å². The predicted molar refractivity (Wildman–Crippen MR) is 110 cm³/mol. The van der Waals surface area contributed by atoms with Crippen molar-refractivity contribution in [2.45, 2.75) is 26.7 Å². The maximum atomic E-state index is 12.8. The van der Waals surface area contributed by atoms with Crippen LogP contribution in [0.4, 0.5) is 17.1 Å². The van der Waals surface area contributed by atoms with Crippen molar-refractivity contribution in [3.63, 3.8) is 0 Å². The minimum Gasteiger partial charge on any atom is -0.372 e. The molecule has 0 radical (unpaired) electrons. The Morgan fingerprint density at radius 3 is 2.18 bits per heavy atom. The molecule has 6 heteroatoms. The van der Waals surface area contributed by atoms with Gasteiger partial charge in [-0.1, -0.05) is 12.1 Å². The lowest BCUT2D eigenvalue weighted by molar-refractivity contribution is -0.131. The first-order valence-corrected chi connectivity index (χ1v) is 9.51. The highest BCUT2D eigenvalue weighted by atomic mass is 16.2. The van der Waals surface area contributed by atoms with Gasteiger partial charge in [-0.25, -0.2) is 0 Å². The van der Waals surface area contributed by atoms with Crippen LogP contribution < -0.4 is 15.5 Å². The van der Waals surface area contributed by atoms with Crippen LogP contribution in [0, 0.1) is 16.7 Å². The van der Waals surface area contributed by atoms with E-state index in [1.807, 2.05) is 30.3 Å². The molecule has 6 nitrogen and oxygen atoms in total. The molecule has 144 valence electrons. The minimum atomic E-state index is -1.07. The van der Waals surface area contributed by atoms with Crippen molar-refractivity contribution in [3.8, 4) is 6.07 Å². The number of hydrogen-bond acceptors (Lipinski definition) is 4. The first kappa shape index (κ1) is 19.4. The molecule has 0 aliphatic heterocycles. The monoisotopic (exact) mass is 376 g/mol. The van der Waals surface area contributed by atoms with E-state index in [-0.39, 0.29) is 11.8 Å². The minimum absolute atomic E-state index is 0.310. The summed E-state index contributed by atoms with van der Waals surface area (Å²) in [5.74, 6) is -0.678. The van der Waals surface area contributed by atoms with Crippen molar-refractivity contribution in [1.29, 1.82) is 5.26 Å². The number of nitrogens with zero attached hydrogens (tertiary/aromatic N) is 2. The number of nitriles is 1. The molecule has 28 heavy (non-hydrogen) atoms. The average molecular weight is 376 g/mol. The van der Waals surface area contributed by atoms with Crippen LogP contribution >= 0.6 is 0 Å². The number of nitrogens with one attached hydrogen (secondary N) is 2. The first-order valence-electron chi connectivity index (χ1n) is 9.51. The number of benzene rings is 2. The summed E-state index contributed by atoms with van der Waals surface area (Å²) in [6.45, 7) is 6.02. The molecule has 2 N–H and O–H groups in total. The summed E-state index contributed by atoms with van der Waals surface area (Å²) in [6.07, 6.45) is 0.994. The van der Waals surface area contributed by atoms with Gasteiger partial charge in [-0.15, -0.1) is 0 Å². The fourth-order valence-electron chi connectivity index (χ4n) is 3.21. The normalized spacial score (nSPS) is 13.9. The second-order valence-corrected chi connectivity index (χ2v) is 6.87. The summed E-state index contributed by atoms with van der Waals surface area (Å²) in [6, 6.07) is 16.4. The molecule has 1 saturated carbocycles. The zero-order valence-electron chi connectivity index (χ0n) is 16.2. The quantitative estimate of drug-likeness (QED) is 0.721. The first-order chi connectivity index (χ1) is 13.5. The smallest absolute Gasteiger partial charge is 0.240 e. The molecule has 1 fully saturated rings. The SMILES string of the molecule is CCN(CC)c1ccc(NC(=O)C2(C(=O)Nc3ccccc3C#N)CC2)cc1. The third kappa shape index (κ3) is 3.84. The number of carbonyl (C=O) groups is 2. The Kier molecular flexibility index (Phi) is 5.65. The Morgan fingerprint density at radius 2 is 1.61 bits per heavy atom. The molecule has 0 atom stereocenters. The van der Waals surface area contributed by atoms with Gasteiger partial charge in [-0.3, -0.25) is 9.59 Å². The van der Waals surface area contributed by atoms with Crippen molar-refractivity contribution in [2.75, 3.05) is 28.6 Å². The molecule has 0 unspecified atom stereocenters. The van der Waals surface area contributed by atoms with Crippen LogP contribution in [-0.4, -0.2) is 24.9 Å². The van der Waals surface area contributed by atoms with Crippen molar-refractivity contribution in [2.24, 2.45) is 5.41 Å². The number of rotatable bonds is 7. The highest BCUT2D eigenvalue weighted by Crippen LogP contribution is 2.47. The molecule has 2 amide bonds. The van der Waals surface area contributed by atoms with Gasteiger partial charge >= 0.3 is 0 Å². The van der Waals surface area contributed by atoms with Gasteiger partial charge in [0, 0.05) is 24.5 Å². The fraction of sp³-hybridized carbons (Fsp3) is 0.318. The van der Waals surface area contributed by atoms with Crippen LogP contribution in [0.25, 0.3) is 0 Å². The summed E-state index contributed by atoms with van der Waals surface area (Å²) in [5, 5.41) is 14.8. The van der Waals surface area contributed by atoms with E-state index < -0.39 is 5.41 Å². The van der Waals surface area contributed by atoms with Crippen molar-refractivity contribution in [3.05, 3.63) is 54.1 Å². The van der Waals surface area contributed by atoms with Gasteiger partial charge in [-0.05, 0) is 63.1 Å². The molecular weight excluding hydrogens is 352 g/mol. The molecule has 0 saturated heterocycles. The molecule has 0 bridgehead atoms. The second-order valence-electron chi connectivity index (χ2n) is 6.87. The number of hydrogen-bond donors (Lipinski definition) is 2. The van der Waals surface area contributed by atoms with Crippen LogP contribution in [0.5, 0.6) is 0 Å². The average Bonchev–Trinajstić information content (AvgIpc) is 3.53. The van der Waals surface area contributed by atoms with Gasteiger partial charge in [0.05, 0.1) is 11.3 Å². The van der Waals surface area contributed by atoms with Crippen LogP contribution in [0.15, 0.2) is 48.5 Å². The number of anilines is 3. The summed E-state index contributed by atoms with van der Waals surface area (Å²) in [5.41, 5.74) is 1.49. The number of para-hydroxylation sites is 1. The highest BCUT2D eigenvalue weighted by molar-refractivity contribution is 6.17. The van der Waals surface area contributed by atoms with Gasteiger partial charge in [0.15, 0.2) is 0 Å². The lowest BCUT2D eigenvalue weighted by atomic mass is 10.0. The van der Waals surface area contributed by atoms with E-state index in [0.29, 0.717) is 29.8 Å². The second kappa shape index (κ2) is 8.13. The Labute approximate surface area is 165 Å². The number of amides is 2. The zero-order valence-corrected chi connectivity index (χ0v) is 16.2. The van der Waals surface area contributed by atoms with Gasteiger partial charge < -0.3 is 15.5 Å². The maximum Gasteiger partial charge on any atom is 0.240 e. The van der Waals surface area contributed by atoms with E-state index in [1.54, 1.807) is 24.3 Å². The molecule has 1 aliphatic carbocycles. The third-order valence-electron chi connectivity index (χ3n) is 5.17. The van der Waals surface area contributed by atoms with E-state index in [4.69, 9.17) is 5.26 Å². The van der Waals surface area contributed by atoms with E-state index >= 15 is 0 Å². The molecule has 3 rings (SSSR count). The summed E-state index contributed by atoms with van der Waals surface area (Å²) < 4.78 is 0. The van der Waals surface area contributed by atoms with E-state index in [1.165, 1.54) is 0 Å². The lowest BCUT2D eigenvalue weighted by Crippen LogP contribution is -2.35. The largest absolute Gasteiger partial charge is 0.372 e. The Morgan fingerprint density at radius 1 is 1.00 bits per heavy atom. The third-order valence-corrected chi connectivity index (χ3v) is 5.17. The predicted octanol–water partition coefficient (Wildman–Crippen LogP) is 3.76. The van der Waals surface area contributed by atoms with Crippen LogP contribution in [0.3, 0.4) is 0 Å². The van der Waals surface area contributed by atoms with Crippen molar-refractivity contribution >= 4 is 28.9 Å². The molecule has 0 aromatic heterocycles.